The molecule has 16 heavy (non-hydrogen) atoms. The molecule has 2 rings (SSSR count). The van der Waals surface area contributed by atoms with E-state index < -0.39 is 0 Å². The number of esters is 1. The van der Waals surface area contributed by atoms with Crippen LogP contribution in [0.5, 0.6) is 0 Å². The summed E-state index contributed by atoms with van der Waals surface area (Å²) in [5, 5.41) is 0. The first kappa shape index (κ1) is 10.9. The molecule has 1 aliphatic rings. The summed E-state index contributed by atoms with van der Waals surface area (Å²) in [6.07, 6.45) is 2.83. The van der Waals surface area contributed by atoms with Gasteiger partial charge in [0.2, 0.25) is 0 Å². The van der Waals surface area contributed by atoms with E-state index >= 15 is 0 Å². The third kappa shape index (κ3) is 2.16. The molecular weight excluding hydrogens is 200 g/mol. The molecule has 0 aliphatic heterocycles. The average molecular weight is 216 g/mol. The van der Waals surface area contributed by atoms with E-state index in [1.54, 1.807) is 0 Å². The first-order valence-corrected chi connectivity index (χ1v) is 5.53. The predicted molar refractivity (Wildman–Crippen MR) is 63.1 cm³/mol. The van der Waals surface area contributed by atoms with Crippen LogP contribution in [0.1, 0.15) is 17.5 Å². The minimum absolute atomic E-state index is 0.282. The number of rotatable bonds is 3. The van der Waals surface area contributed by atoms with Crippen molar-refractivity contribution < 1.29 is 9.53 Å². The minimum atomic E-state index is -0.282. The monoisotopic (exact) mass is 216 g/mol. The van der Waals surface area contributed by atoms with Gasteiger partial charge in [0.05, 0.1) is 7.11 Å². The number of fused-ring (bicyclic) bond motifs is 1. The van der Waals surface area contributed by atoms with Crippen molar-refractivity contribution in [2.24, 2.45) is 5.92 Å². The second kappa shape index (κ2) is 4.52. The van der Waals surface area contributed by atoms with Gasteiger partial charge in [0.15, 0.2) is 0 Å². The fourth-order valence-electron chi connectivity index (χ4n) is 2.37. The molecule has 0 amide bonds. The van der Waals surface area contributed by atoms with Gasteiger partial charge < -0.3 is 4.74 Å². The lowest BCUT2D eigenvalue weighted by Gasteiger charge is -2.09. The van der Waals surface area contributed by atoms with Crippen LogP contribution < -0.4 is 0 Å². The van der Waals surface area contributed by atoms with Gasteiger partial charge in [0, 0.05) is 5.57 Å². The van der Waals surface area contributed by atoms with E-state index in [0.29, 0.717) is 11.5 Å². The van der Waals surface area contributed by atoms with Gasteiger partial charge >= 0.3 is 5.97 Å². The molecule has 2 nitrogen and oxygen atoms in total. The number of ether oxygens (including phenoxy) is 1. The van der Waals surface area contributed by atoms with Gasteiger partial charge in [0.1, 0.15) is 0 Å². The summed E-state index contributed by atoms with van der Waals surface area (Å²) in [5.74, 6) is 0.222. The number of benzene rings is 1. The zero-order valence-electron chi connectivity index (χ0n) is 9.53. The number of methoxy groups -OCH3 is 1. The Hall–Kier alpha value is -1.57. The standard InChI is InChI=1S/C14H16O2/c1-10(14(15)16-2)7-11-8-12-5-3-4-6-13(12)9-11/h3-6,11H,1,7-9H2,2H3. The van der Waals surface area contributed by atoms with Crippen LogP contribution in [0.2, 0.25) is 0 Å². The molecule has 1 aromatic carbocycles. The number of hydrogen-bond acceptors (Lipinski definition) is 2. The van der Waals surface area contributed by atoms with E-state index in [-0.39, 0.29) is 5.97 Å². The van der Waals surface area contributed by atoms with E-state index in [2.05, 4.69) is 35.6 Å². The van der Waals surface area contributed by atoms with Gasteiger partial charge in [-0.15, -0.1) is 0 Å². The Labute approximate surface area is 95.9 Å². The fourth-order valence-corrected chi connectivity index (χ4v) is 2.37. The van der Waals surface area contributed by atoms with Crippen molar-refractivity contribution in [2.75, 3.05) is 7.11 Å². The zero-order valence-corrected chi connectivity index (χ0v) is 9.53. The van der Waals surface area contributed by atoms with Crippen LogP contribution in [0.25, 0.3) is 0 Å². The summed E-state index contributed by atoms with van der Waals surface area (Å²) < 4.78 is 4.66. The Morgan fingerprint density at radius 3 is 2.44 bits per heavy atom. The summed E-state index contributed by atoms with van der Waals surface area (Å²) >= 11 is 0. The normalized spacial score (nSPS) is 14.6. The second-order valence-electron chi connectivity index (χ2n) is 4.34. The van der Waals surface area contributed by atoms with Crippen LogP contribution in [-0.2, 0) is 22.4 Å². The lowest BCUT2D eigenvalue weighted by atomic mass is 9.97. The molecule has 0 spiro atoms. The highest BCUT2D eigenvalue weighted by Crippen LogP contribution is 2.30. The van der Waals surface area contributed by atoms with Gasteiger partial charge in [-0.3, -0.25) is 0 Å². The van der Waals surface area contributed by atoms with Crippen LogP contribution >= 0.6 is 0 Å². The van der Waals surface area contributed by atoms with E-state index in [0.717, 1.165) is 19.3 Å². The Balaban J connectivity index is 1.97. The second-order valence-corrected chi connectivity index (χ2v) is 4.34. The highest BCUT2D eigenvalue weighted by Gasteiger charge is 2.23. The van der Waals surface area contributed by atoms with Crippen molar-refractivity contribution >= 4 is 5.97 Å². The maximum atomic E-state index is 11.3. The van der Waals surface area contributed by atoms with E-state index in [9.17, 15) is 4.79 Å². The molecule has 1 aromatic rings. The van der Waals surface area contributed by atoms with Crippen molar-refractivity contribution in [3.05, 3.63) is 47.5 Å². The lowest BCUT2D eigenvalue weighted by Crippen LogP contribution is -2.09. The van der Waals surface area contributed by atoms with Crippen LogP contribution in [0, 0.1) is 5.92 Å². The number of carbonyl (C=O) groups is 1. The molecule has 0 aromatic heterocycles. The third-order valence-electron chi connectivity index (χ3n) is 3.14. The van der Waals surface area contributed by atoms with Crippen molar-refractivity contribution in [3.8, 4) is 0 Å². The Kier molecular flexibility index (Phi) is 3.09. The van der Waals surface area contributed by atoms with Gasteiger partial charge in [-0.2, -0.15) is 0 Å². The summed E-state index contributed by atoms with van der Waals surface area (Å²) in [4.78, 5) is 11.3. The van der Waals surface area contributed by atoms with Crippen molar-refractivity contribution in [1.29, 1.82) is 0 Å². The number of hydrogen-bond donors (Lipinski definition) is 0. The quantitative estimate of drug-likeness (QED) is 0.573. The molecule has 0 fully saturated rings. The molecular formula is C14H16O2. The molecule has 0 saturated carbocycles. The van der Waals surface area contributed by atoms with E-state index in [1.165, 1.54) is 18.2 Å². The van der Waals surface area contributed by atoms with Gasteiger partial charge in [0.25, 0.3) is 0 Å². The molecule has 0 atom stereocenters. The Morgan fingerprint density at radius 2 is 1.94 bits per heavy atom. The van der Waals surface area contributed by atoms with Gasteiger partial charge in [-0.25, -0.2) is 4.79 Å². The molecule has 0 saturated heterocycles. The highest BCUT2D eigenvalue weighted by molar-refractivity contribution is 5.87. The predicted octanol–water partition coefficient (Wildman–Crippen LogP) is 2.52. The highest BCUT2D eigenvalue weighted by atomic mass is 16.5. The Bertz CT molecular complexity index is 395. The van der Waals surface area contributed by atoms with Crippen molar-refractivity contribution in [1.82, 2.24) is 0 Å². The van der Waals surface area contributed by atoms with Crippen molar-refractivity contribution in [3.63, 3.8) is 0 Å². The minimum Gasteiger partial charge on any atom is -0.466 e. The summed E-state index contributed by atoms with van der Waals surface area (Å²) in [5.41, 5.74) is 3.40. The van der Waals surface area contributed by atoms with Gasteiger partial charge in [-0.1, -0.05) is 30.8 Å². The third-order valence-corrected chi connectivity index (χ3v) is 3.14. The van der Waals surface area contributed by atoms with Crippen LogP contribution in [0.4, 0.5) is 0 Å². The molecule has 0 heterocycles. The summed E-state index contributed by atoms with van der Waals surface area (Å²) in [6, 6.07) is 8.46. The molecule has 0 radical (unpaired) electrons. The van der Waals surface area contributed by atoms with E-state index in [1.807, 2.05) is 0 Å². The molecule has 0 bridgehead atoms. The van der Waals surface area contributed by atoms with Gasteiger partial charge in [-0.05, 0) is 36.3 Å². The Morgan fingerprint density at radius 1 is 1.38 bits per heavy atom. The SMILES string of the molecule is C=C(CC1Cc2ccccc2C1)C(=O)OC. The van der Waals surface area contributed by atoms with E-state index in [4.69, 9.17) is 0 Å². The fraction of sp³-hybridized carbons (Fsp3) is 0.357. The molecule has 0 N–H and O–H groups in total. The molecule has 1 aliphatic carbocycles. The summed E-state index contributed by atoms with van der Waals surface area (Å²) in [7, 11) is 1.40. The molecule has 0 unspecified atom stereocenters. The maximum Gasteiger partial charge on any atom is 0.333 e. The maximum absolute atomic E-state index is 11.3. The smallest absolute Gasteiger partial charge is 0.333 e. The van der Waals surface area contributed by atoms with Crippen LogP contribution in [0.3, 0.4) is 0 Å². The van der Waals surface area contributed by atoms with Crippen molar-refractivity contribution in [2.45, 2.75) is 19.3 Å². The topological polar surface area (TPSA) is 26.3 Å². The van der Waals surface area contributed by atoms with Crippen LogP contribution in [-0.4, -0.2) is 13.1 Å². The molecule has 2 heteroatoms. The summed E-state index contributed by atoms with van der Waals surface area (Å²) in [6.45, 7) is 3.78. The lowest BCUT2D eigenvalue weighted by molar-refractivity contribution is -0.136. The van der Waals surface area contributed by atoms with Crippen LogP contribution in [0.15, 0.2) is 36.4 Å². The average Bonchev–Trinajstić information content (AvgIpc) is 2.69. The molecule has 84 valence electrons. The first-order valence-electron chi connectivity index (χ1n) is 5.53. The first-order chi connectivity index (χ1) is 7.70. The number of carbonyl (C=O) groups excluding carboxylic acids is 1. The largest absolute Gasteiger partial charge is 0.466 e. The zero-order chi connectivity index (χ0) is 11.5.